The van der Waals surface area contributed by atoms with Crippen molar-refractivity contribution >= 4 is 20.0 Å². The number of hydrogen-bond donors (Lipinski definition) is 3. The molecule has 0 aliphatic carbocycles. The summed E-state index contributed by atoms with van der Waals surface area (Å²) in [5, 5.41) is 20.4. The quantitative estimate of drug-likeness (QED) is 0.430. The lowest BCUT2D eigenvalue weighted by Gasteiger charge is -2.28. The minimum atomic E-state index is -4.32. The van der Waals surface area contributed by atoms with Crippen LogP contribution in [0.5, 0.6) is 11.5 Å². The van der Waals surface area contributed by atoms with Gasteiger partial charge in [0, 0.05) is 11.8 Å². The summed E-state index contributed by atoms with van der Waals surface area (Å²) in [6.07, 6.45) is -4.40. The average Bonchev–Trinajstić information content (AvgIpc) is 2.96. The minimum Gasteiger partial charge on any atom is -0.493 e. The zero-order chi connectivity index (χ0) is 22.4. The fourth-order valence-corrected chi connectivity index (χ4v) is 4.57. The third-order valence-electron chi connectivity index (χ3n) is 4.78. The summed E-state index contributed by atoms with van der Waals surface area (Å²) in [6, 6.07) is 6.23. The Morgan fingerprint density at radius 1 is 1.42 bits per heavy atom. The molecule has 1 aromatic carbocycles. The number of H-pyrrole nitrogens is 1. The molecule has 5 atom stereocenters. The highest BCUT2D eigenvalue weighted by Gasteiger charge is 2.57. The predicted octanol–water partition coefficient (Wildman–Crippen LogP) is 1.56. The van der Waals surface area contributed by atoms with E-state index in [0.29, 0.717) is 5.56 Å². The lowest BCUT2D eigenvalue weighted by Crippen LogP contribution is -2.43. The molecule has 31 heavy (non-hydrogen) atoms. The van der Waals surface area contributed by atoms with Gasteiger partial charge in [-0.1, -0.05) is 24.4 Å². The SMILES string of the molecule is COc1cccc2c1OP(=O)(OC[C@@]1(F)O[C@@H](n3ccc(=S)[nH]c3=O)[C@H](O)[C@@H]1O)OC2. The molecule has 0 radical (unpaired) electrons. The molecular weight excluding hydrogens is 458 g/mol. The second-order valence-electron chi connectivity index (χ2n) is 6.78. The highest BCUT2D eigenvalue weighted by atomic mass is 32.1. The van der Waals surface area contributed by atoms with Crippen molar-refractivity contribution in [3.63, 3.8) is 0 Å². The first-order valence-electron chi connectivity index (χ1n) is 8.95. The molecule has 2 aliphatic heterocycles. The molecule has 1 unspecified atom stereocenters. The number of aromatic amines is 1. The van der Waals surface area contributed by atoms with Gasteiger partial charge in [-0.25, -0.2) is 13.8 Å². The first kappa shape index (κ1) is 22.1. The second-order valence-corrected chi connectivity index (χ2v) is 8.81. The number of phosphoric ester groups is 1. The van der Waals surface area contributed by atoms with Crippen molar-refractivity contribution in [2.45, 2.75) is 30.9 Å². The lowest BCUT2D eigenvalue weighted by atomic mass is 10.1. The van der Waals surface area contributed by atoms with E-state index in [1.807, 2.05) is 0 Å². The van der Waals surface area contributed by atoms with E-state index in [0.717, 1.165) is 4.57 Å². The van der Waals surface area contributed by atoms with Crippen LogP contribution >= 0.6 is 20.0 Å². The summed E-state index contributed by atoms with van der Waals surface area (Å²) in [6.45, 7) is -1.28. The summed E-state index contributed by atoms with van der Waals surface area (Å²) in [5.74, 6) is -2.64. The normalized spacial score (nSPS) is 32.3. The molecule has 1 aromatic heterocycles. The molecule has 0 amide bonds. The molecule has 0 saturated carbocycles. The molecule has 1 saturated heterocycles. The monoisotopic (exact) mass is 476 g/mol. The van der Waals surface area contributed by atoms with Gasteiger partial charge in [0.1, 0.15) is 23.5 Å². The Labute approximate surface area is 179 Å². The summed E-state index contributed by atoms with van der Waals surface area (Å²) in [7, 11) is -2.93. The number of benzene rings is 1. The Kier molecular flexibility index (Phi) is 5.77. The maximum atomic E-state index is 15.3. The van der Waals surface area contributed by atoms with Gasteiger partial charge in [0.05, 0.1) is 13.7 Å². The maximum absolute atomic E-state index is 15.3. The molecule has 2 aliphatic rings. The van der Waals surface area contributed by atoms with Crippen molar-refractivity contribution in [1.82, 2.24) is 9.55 Å². The van der Waals surface area contributed by atoms with Crippen LogP contribution in [-0.4, -0.2) is 51.5 Å². The summed E-state index contributed by atoms with van der Waals surface area (Å²) in [4.78, 5) is 14.3. The van der Waals surface area contributed by atoms with E-state index in [1.54, 1.807) is 18.2 Å². The average molecular weight is 476 g/mol. The van der Waals surface area contributed by atoms with Crippen LogP contribution in [0, 0.1) is 4.64 Å². The minimum absolute atomic E-state index is 0.115. The van der Waals surface area contributed by atoms with Gasteiger partial charge in [-0.3, -0.25) is 18.6 Å². The lowest BCUT2D eigenvalue weighted by molar-refractivity contribution is -0.205. The standard InChI is InChI=1S/C17H18FN2O9PS/c1-25-10-4-2-3-9-7-26-30(24,29-13(9)10)27-8-17(18)14(22)12(21)15(28-17)20-6-5-11(31)19-16(20)23/h2-6,12,14-15,21-22H,7-8H2,1H3,(H,19,23,31)/t12-,14+,15-,17-,30?/m1/s1. The van der Waals surface area contributed by atoms with Crippen molar-refractivity contribution in [3.8, 4) is 11.5 Å². The van der Waals surface area contributed by atoms with Gasteiger partial charge < -0.3 is 24.2 Å². The Hall–Kier alpha value is -2.12. The maximum Gasteiger partial charge on any atom is 0.530 e. The first-order valence-corrected chi connectivity index (χ1v) is 10.8. The van der Waals surface area contributed by atoms with Crippen LogP contribution in [0.15, 0.2) is 35.3 Å². The third-order valence-corrected chi connectivity index (χ3v) is 6.32. The van der Waals surface area contributed by atoms with Gasteiger partial charge in [0.2, 0.25) is 0 Å². The number of aliphatic hydroxyl groups is 2. The molecule has 0 spiro atoms. The van der Waals surface area contributed by atoms with Crippen LogP contribution in [0.2, 0.25) is 0 Å². The fraction of sp³-hybridized carbons (Fsp3) is 0.412. The number of halogens is 1. The number of aliphatic hydroxyl groups excluding tert-OH is 2. The van der Waals surface area contributed by atoms with Crippen LogP contribution in [0.3, 0.4) is 0 Å². The van der Waals surface area contributed by atoms with Crippen molar-refractivity contribution in [3.05, 3.63) is 51.2 Å². The highest BCUT2D eigenvalue weighted by molar-refractivity contribution is 7.71. The number of nitrogens with zero attached hydrogens (tertiary/aromatic N) is 1. The zero-order valence-corrected chi connectivity index (χ0v) is 17.7. The Bertz CT molecular complexity index is 1140. The van der Waals surface area contributed by atoms with Crippen LogP contribution in [0.1, 0.15) is 11.8 Å². The molecule has 14 heteroatoms. The topological polar surface area (TPSA) is 141 Å². The number of ether oxygens (including phenoxy) is 2. The van der Waals surface area contributed by atoms with E-state index in [-0.39, 0.29) is 22.7 Å². The number of aromatic nitrogens is 2. The van der Waals surface area contributed by atoms with Gasteiger partial charge in [-0.2, -0.15) is 0 Å². The van der Waals surface area contributed by atoms with Crippen LogP contribution in [0.25, 0.3) is 0 Å². The fourth-order valence-electron chi connectivity index (χ4n) is 3.18. The summed E-state index contributed by atoms with van der Waals surface area (Å²) in [5.41, 5.74) is -0.248. The van der Waals surface area contributed by atoms with E-state index in [1.165, 1.54) is 19.4 Å². The molecule has 168 valence electrons. The number of methoxy groups -OCH3 is 1. The summed E-state index contributed by atoms with van der Waals surface area (Å²) >= 11 is 4.82. The van der Waals surface area contributed by atoms with Gasteiger partial charge >= 0.3 is 13.5 Å². The molecule has 1 fully saturated rings. The number of nitrogens with one attached hydrogen (secondary N) is 1. The van der Waals surface area contributed by atoms with Crippen LogP contribution in [-0.2, 0) is 25.0 Å². The van der Waals surface area contributed by atoms with Crippen LogP contribution < -0.4 is 15.0 Å². The number of fused-ring (bicyclic) bond motifs is 1. The summed E-state index contributed by atoms with van der Waals surface area (Å²) < 4.78 is 54.8. The first-order chi connectivity index (χ1) is 14.7. The Balaban J connectivity index is 1.52. The van der Waals surface area contributed by atoms with Crippen molar-refractivity contribution < 1.29 is 42.2 Å². The number of alkyl halides is 1. The molecule has 0 bridgehead atoms. The van der Waals surface area contributed by atoms with E-state index >= 15 is 4.39 Å². The van der Waals surface area contributed by atoms with Gasteiger partial charge in [0.25, 0.3) is 5.85 Å². The van der Waals surface area contributed by atoms with E-state index < -0.39 is 44.4 Å². The van der Waals surface area contributed by atoms with E-state index in [9.17, 15) is 19.6 Å². The number of hydrogen-bond acceptors (Lipinski definition) is 10. The van der Waals surface area contributed by atoms with Crippen molar-refractivity contribution in [1.29, 1.82) is 0 Å². The van der Waals surface area contributed by atoms with Crippen molar-refractivity contribution in [2.24, 2.45) is 0 Å². The zero-order valence-electron chi connectivity index (χ0n) is 16.0. The molecule has 3 N–H and O–H groups in total. The van der Waals surface area contributed by atoms with Gasteiger partial charge in [-0.05, 0) is 12.1 Å². The van der Waals surface area contributed by atoms with Crippen LogP contribution in [0.4, 0.5) is 4.39 Å². The molecular formula is C17H18FN2O9PS. The molecule has 2 aromatic rings. The predicted molar refractivity (Wildman–Crippen MR) is 104 cm³/mol. The number of para-hydroxylation sites is 1. The van der Waals surface area contributed by atoms with E-state index in [4.69, 9.17) is 35.3 Å². The van der Waals surface area contributed by atoms with E-state index in [2.05, 4.69) is 4.98 Å². The Morgan fingerprint density at radius 3 is 2.90 bits per heavy atom. The van der Waals surface area contributed by atoms with Gasteiger partial charge in [-0.15, -0.1) is 0 Å². The molecule has 3 heterocycles. The largest absolute Gasteiger partial charge is 0.530 e. The van der Waals surface area contributed by atoms with Crippen molar-refractivity contribution in [2.75, 3.05) is 13.7 Å². The molecule has 11 nitrogen and oxygen atoms in total. The number of rotatable bonds is 5. The highest BCUT2D eigenvalue weighted by Crippen LogP contribution is 2.57. The third kappa shape index (κ3) is 4.05. The molecule has 4 rings (SSSR count). The second kappa shape index (κ2) is 8.10. The smallest absolute Gasteiger partial charge is 0.493 e. The Morgan fingerprint density at radius 2 is 2.19 bits per heavy atom. The van der Waals surface area contributed by atoms with Gasteiger partial charge in [0.15, 0.2) is 17.7 Å². The number of phosphoric acid groups is 1.